The van der Waals surface area contributed by atoms with Crippen molar-refractivity contribution in [3.8, 4) is 0 Å². The van der Waals surface area contributed by atoms with Crippen LogP contribution in [0.1, 0.15) is 5.56 Å². The molecule has 1 fully saturated rings. The van der Waals surface area contributed by atoms with Gasteiger partial charge in [-0.15, -0.1) is 0 Å². The number of hydrogen-bond donors (Lipinski definition) is 3. The van der Waals surface area contributed by atoms with Crippen LogP contribution in [0.3, 0.4) is 0 Å². The van der Waals surface area contributed by atoms with Crippen LogP contribution in [0.2, 0.25) is 0 Å². The lowest BCUT2D eigenvalue weighted by molar-refractivity contribution is -0.136. The van der Waals surface area contributed by atoms with E-state index >= 15 is 0 Å². The molecule has 0 unspecified atom stereocenters. The number of morpholine rings is 1. The zero-order valence-electron chi connectivity index (χ0n) is 16.1. The zero-order valence-corrected chi connectivity index (χ0v) is 16.1. The number of nitrogens with one attached hydrogen (secondary N) is 3. The molecule has 3 N–H and O–H groups in total. The van der Waals surface area contributed by atoms with E-state index in [0.29, 0.717) is 31.9 Å². The van der Waals surface area contributed by atoms with Crippen molar-refractivity contribution in [1.82, 2.24) is 10.3 Å². The smallest absolute Gasteiger partial charge is 0.313 e. The van der Waals surface area contributed by atoms with E-state index in [9.17, 15) is 9.59 Å². The minimum absolute atomic E-state index is 0.388. The molecule has 0 aliphatic carbocycles. The van der Waals surface area contributed by atoms with E-state index in [1.54, 1.807) is 0 Å². The normalized spacial score (nSPS) is 14.0. The van der Waals surface area contributed by atoms with Crippen molar-refractivity contribution in [1.29, 1.82) is 0 Å². The Labute approximate surface area is 169 Å². The lowest BCUT2D eigenvalue weighted by Crippen LogP contribution is -2.38. The van der Waals surface area contributed by atoms with Crippen LogP contribution in [0.15, 0.2) is 54.7 Å². The Balaban J connectivity index is 1.33. The van der Waals surface area contributed by atoms with Crippen molar-refractivity contribution in [2.24, 2.45) is 0 Å². The molecule has 1 saturated heterocycles. The number of fused-ring (bicyclic) bond motifs is 1. The third-order valence-electron chi connectivity index (χ3n) is 5.07. The number of para-hydroxylation sites is 3. The lowest BCUT2D eigenvalue weighted by Gasteiger charge is -2.30. The quantitative estimate of drug-likeness (QED) is 0.582. The van der Waals surface area contributed by atoms with Crippen LogP contribution in [0.5, 0.6) is 0 Å². The van der Waals surface area contributed by atoms with Gasteiger partial charge in [-0.05, 0) is 30.2 Å². The molecular weight excluding hydrogens is 368 g/mol. The molecule has 1 aliphatic rings. The first-order valence-electron chi connectivity index (χ1n) is 9.78. The topological polar surface area (TPSA) is 86.5 Å². The highest BCUT2D eigenvalue weighted by Gasteiger charge is 2.18. The minimum atomic E-state index is -0.662. The summed E-state index contributed by atoms with van der Waals surface area (Å²) in [7, 11) is 0. The Morgan fingerprint density at radius 1 is 1.00 bits per heavy atom. The van der Waals surface area contributed by atoms with Gasteiger partial charge in [-0.3, -0.25) is 9.59 Å². The van der Waals surface area contributed by atoms with Crippen LogP contribution in [-0.2, 0) is 20.7 Å². The Kier molecular flexibility index (Phi) is 5.76. The number of nitrogens with zero attached hydrogens (tertiary/aromatic N) is 1. The molecule has 7 heteroatoms. The van der Waals surface area contributed by atoms with E-state index < -0.39 is 11.8 Å². The fraction of sp³-hybridized carbons (Fsp3) is 0.273. The predicted octanol–water partition coefficient (Wildman–Crippen LogP) is 2.30. The first kappa shape index (κ1) is 19.0. The molecule has 1 aliphatic heterocycles. The number of benzene rings is 2. The van der Waals surface area contributed by atoms with E-state index in [0.717, 1.165) is 35.2 Å². The van der Waals surface area contributed by atoms with Gasteiger partial charge in [0.2, 0.25) is 0 Å². The summed E-state index contributed by atoms with van der Waals surface area (Å²) in [5.41, 5.74) is 3.70. The number of rotatable bonds is 5. The second-order valence-corrected chi connectivity index (χ2v) is 6.94. The largest absolute Gasteiger partial charge is 0.378 e. The molecule has 150 valence electrons. The molecule has 3 aromatic rings. The number of H-pyrrole nitrogens is 1. The molecule has 7 nitrogen and oxygen atoms in total. The summed E-state index contributed by atoms with van der Waals surface area (Å²) >= 11 is 0. The first-order chi connectivity index (χ1) is 14.2. The van der Waals surface area contributed by atoms with Gasteiger partial charge in [-0.2, -0.15) is 0 Å². The minimum Gasteiger partial charge on any atom is -0.378 e. The number of aromatic amines is 1. The van der Waals surface area contributed by atoms with Gasteiger partial charge in [0.1, 0.15) is 0 Å². The fourth-order valence-corrected chi connectivity index (χ4v) is 3.57. The third-order valence-corrected chi connectivity index (χ3v) is 5.07. The van der Waals surface area contributed by atoms with Crippen molar-refractivity contribution in [3.63, 3.8) is 0 Å². The molecule has 1 aromatic heterocycles. The molecule has 0 atom stereocenters. The standard InChI is InChI=1S/C22H24N4O3/c27-21(23-10-9-16-15-24-18-6-2-1-5-17(16)18)22(28)25-19-7-3-4-8-20(19)26-11-13-29-14-12-26/h1-8,15,24H,9-14H2,(H,23,27)(H,25,28). The van der Waals surface area contributed by atoms with Crippen molar-refractivity contribution < 1.29 is 14.3 Å². The molecule has 2 aromatic carbocycles. The summed E-state index contributed by atoms with van der Waals surface area (Å²) < 4.78 is 5.39. The van der Waals surface area contributed by atoms with Crippen LogP contribution < -0.4 is 15.5 Å². The summed E-state index contributed by atoms with van der Waals surface area (Å²) in [6.45, 7) is 3.19. The predicted molar refractivity (Wildman–Crippen MR) is 113 cm³/mol. The number of carbonyl (C=O) groups excluding carboxylic acids is 2. The van der Waals surface area contributed by atoms with E-state index in [4.69, 9.17) is 4.74 Å². The van der Waals surface area contributed by atoms with Crippen LogP contribution in [0.25, 0.3) is 10.9 Å². The summed E-state index contributed by atoms with van der Waals surface area (Å²) in [5, 5.41) is 6.58. The summed E-state index contributed by atoms with van der Waals surface area (Å²) in [4.78, 5) is 30.0. The Morgan fingerprint density at radius 3 is 2.62 bits per heavy atom. The molecular formula is C22H24N4O3. The second kappa shape index (κ2) is 8.79. The van der Waals surface area contributed by atoms with Crippen LogP contribution in [0, 0.1) is 0 Å². The Bertz CT molecular complexity index is 1010. The average molecular weight is 392 g/mol. The maximum atomic E-state index is 12.4. The highest BCUT2D eigenvalue weighted by Crippen LogP contribution is 2.26. The molecule has 2 amide bonds. The van der Waals surface area contributed by atoms with Crippen molar-refractivity contribution in [2.45, 2.75) is 6.42 Å². The lowest BCUT2D eigenvalue weighted by atomic mass is 10.1. The Hall–Kier alpha value is -3.32. The molecule has 0 saturated carbocycles. The van der Waals surface area contributed by atoms with Gasteiger partial charge in [0.15, 0.2) is 0 Å². The maximum Gasteiger partial charge on any atom is 0.313 e. The van der Waals surface area contributed by atoms with E-state index in [2.05, 4.69) is 20.5 Å². The van der Waals surface area contributed by atoms with E-state index in [-0.39, 0.29) is 0 Å². The van der Waals surface area contributed by atoms with E-state index in [1.807, 2.05) is 54.7 Å². The number of amides is 2. The number of hydrogen-bond acceptors (Lipinski definition) is 4. The molecule has 29 heavy (non-hydrogen) atoms. The average Bonchev–Trinajstić information content (AvgIpc) is 3.18. The van der Waals surface area contributed by atoms with Crippen LogP contribution in [0.4, 0.5) is 11.4 Å². The highest BCUT2D eigenvalue weighted by molar-refractivity contribution is 6.39. The van der Waals surface area contributed by atoms with Crippen molar-refractivity contribution in [3.05, 3.63) is 60.3 Å². The van der Waals surface area contributed by atoms with Gasteiger partial charge < -0.3 is 25.3 Å². The summed E-state index contributed by atoms with van der Waals surface area (Å²) in [5.74, 6) is -1.30. The van der Waals surface area contributed by atoms with Crippen LogP contribution in [-0.4, -0.2) is 49.6 Å². The Morgan fingerprint density at radius 2 is 1.76 bits per heavy atom. The zero-order chi connectivity index (χ0) is 20.1. The van der Waals surface area contributed by atoms with Crippen LogP contribution >= 0.6 is 0 Å². The molecule has 2 heterocycles. The van der Waals surface area contributed by atoms with Gasteiger partial charge in [0.05, 0.1) is 24.6 Å². The molecule has 0 bridgehead atoms. The first-order valence-corrected chi connectivity index (χ1v) is 9.78. The maximum absolute atomic E-state index is 12.4. The van der Waals surface area contributed by atoms with Gasteiger partial charge >= 0.3 is 11.8 Å². The van der Waals surface area contributed by atoms with E-state index in [1.165, 1.54) is 0 Å². The number of carbonyl (C=O) groups is 2. The van der Waals surface area contributed by atoms with Crippen molar-refractivity contribution >= 4 is 34.1 Å². The monoisotopic (exact) mass is 392 g/mol. The van der Waals surface area contributed by atoms with Gasteiger partial charge in [-0.1, -0.05) is 30.3 Å². The molecule has 4 rings (SSSR count). The van der Waals surface area contributed by atoms with Crippen molar-refractivity contribution in [2.75, 3.05) is 43.1 Å². The second-order valence-electron chi connectivity index (χ2n) is 6.94. The van der Waals surface area contributed by atoms with Gasteiger partial charge in [0, 0.05) is 36.7 Å². The fourth-order valence-electron chi connectivity index (χ4n) is 3.57. The van der Waals surface area contributed by atoms with Gasteiger partial charge in [0.25, 0.3) is 0 Å². The van der Waals surface area contributed by atoms with Gasteiger partial charge in [-0.25, -0.2) is 0 Å². The highest BCUT2D eigenvalue weighted by atomic mass is 16.5. The number of ether oxygens (including phenoxy) is 1. The number of anilines is 2. The summed E-state index contributed by atoms with van der Waals surface area (Å²) in [6, 6.07) is 15.5. The number of aromatic nitrogens is 1. The third kappa shape index (κ3) is 4.41. The summed E-state index contributed by atoms with van der Waals surface area (Å²) in [6.07, 6.45) is 2.59. The SMILES string of the molecule is O=C(NCCc1c[nH]c2ccccc12)C(=O)Nc1ccccc1N1CCOCC1. The molecule has 0 spiro atoms. The molecule has 0 radical (unpaired) electrons.